The Labute approximate surface area is 237 Å². The number of nitrogens with two attached hydrogens (primary N) is 1. The number of carbonyl (C=O) groups is 4. The van der Waals surface area contributed by atoms with E-state index < -0.39 is 17.8 Å². The van der Waals surface area contributed by atoms with E-state index in [1.165, 1.54) is 15.9 Å². The number of nitrogens with zero attached hydrogens (tertiary/aromatic N) is 4. The van der Waals surface area contributed by atoms with Crippen LogP contribution < -0.4 is 25.2 Å². The second kappa shape index (κ2) is 11.4. The summed E-state index contributed by atoms with van der Waals surface area (Å²) in [6, 6.07) is 9.74. The van der Waals surface area contributed by atoms with Crippen LogP contribution in [0.2, 0.25) is 5.02 Å². The highest BCUT2D eigenvalue weighted by Gasteiger charge is 2.41. The summed E-state index contributed by atoms with van der Waals surface area (Å²) in [6.45, 7) is 3.00. The Morgan fingerprint density at radius 3 is 2.40 bits per heavy atom. The predicted molar refractivity (Wildman–Crippen MR) is 150 cm³/mol. The summed E-state index contributed by atoms with van der Waals surface area (Å²) >= 11 is 6.12. The number of rotatable bonds is 7. The molecule has 5 rings (SSSR count). The van der Waals surface area contributed by atoms with Gasteiger partial charge in [-0.2, -0.15) is 0 Å². The van der Waals surface area contributed by atoms with Crippen LogP contribution in [0.25, 0.3) is 0 Å². The summed E-state index contributed by atoms with van der Waals surface area (Å²) in [6.07, 6.45) is 1.97. The van der Waals surface area contributed by atoms with Crippen molar-refractivity contribution in [2.75, 3.05) is 59.8 Å². The normalized spacial score (nSPS) is 22.0. The van der Waals surface area contributed by atoms with Crippen LogP contribution >= 0.6 is 11.6 Å². The third-order valence-electron chi connectivity index (χ3n) is 7.89. The van der Waals surface area contributed by atoms with Gasteiger partial charge in [-0.15, -0.1) is 0 Å². The van der Waals surface area contributed by atoms with Crippen molar-refractivity contribution in [2.24, 2.45) is 5.92 Å². The smallest absolute Gasteiger partial charge is 0.317 e. The van der Waals surface area contributed by atoms with Gasteiger partial charge in [-0.25, -0.2) is 0 Å². The van der Waals surface area contributed by atoms with Crippen molar-refractivity contribution in [1.82, 2.24) is 4.90 Å². The van der Waals surface area contributed by atoms with Crippen molar-refractivity contribution in [3.63, 3.8) is 0 Å². The molecule has 2 aliphatic heterocycles. The molecule has 2 aromatic rings. The van der Waals surface area contributed by atoms with Gasteiger partial charge in [-0.05, 0) is 49.1 Å². The molecular formula is C28H32ClN5O6. The highest BCUT2D eigenvalue weighted by molar-refractivity contribution is 6.46. The molecule has 11 nitrogen and oxygen atoms in total. The molecule has 0 aromatic heterocycles. The molecule has 3 N–H and O–H groups in total. The van der Waals surface area contributed by atoms with E-state index in [9.17, 15) is 24.3 Å². The number of aliphatic hydroxyl groups is 1. The average molecular weight is 570 g/mol. The number of anilines is 4. The van der Waals surface area contributed by atoms with E-state index >= 15 is 0 Å². The highest BCUT2D eigenvalue weighted by Crippen LogP contribution is 2.42. The van der Waals surface area contributed by atoms with E-state index in [0.717, 1.165) is 12.8 Å². The number of amides is 3. The molecule has 2 heterocycles. The summed E-state index contributed by atoms with van der Waals surface area (Å²) in [7, 11) is 0. The number of nitrogen functional groups attached to an aromatic ring is 1. The third-order valence-corrected chi connectivity index (χ3v) is 8.12. The molecule has 1 saturated carbocycles. The van der Waals surface area contributed by atoms with Gasteiger partial charge in [0.05, 0.1) is 23.6 Å². The fraction of sp³-hybridized carbons (Fsp3) is 0.429. The van der Waals surface area contributed by atoms with E-state index in [1.54, 1.807) is 42.2 Å². The largest absolute Gasteiger partial charge is 0.424 e. The number of benzene rings is 2. The second-order valence-electron chi connectivity index (χ2n) is 10.2. The van der Waals surface area contributed by atoms with Crippen molar-refractivity contribution in [3.05, 3.63) is 41.4 Å². The van der Waals surface area contributed by atoms with Crippen molar-refractivity contribution < 1.29 is 29.0 Å². The van der Waals surface area contributed by atoms with Crippen molar-refractivity contribution in [3.8, 4) is 5.75 Å². The molecule has 12 heteroatoms. The van der Waals surface area contributed by atoms with Crippen LogP contribution in [-0.2, 0) is 19.2 Å². The molecule has 2 aromatic carbocycles. The highest BCUT2D eigenvalue weighted by atomic mass is 35.5. The fourth-order valence-electron chi connectivity index (χ4n) is 5.58. The first-order valence-electron chi connectivity index (χ1n) is 13.4. The predicted octanol–water partition coefficient (Wildman–Crippen LogP) is 2.04. The quantitative estimate of drug-likeness (QED) is 0.224. The van der Waals surface area contributed by atoms with Crippen LogP contribution in [0.4, 0.5) is 22.7 Å². The van der Waals surface area contributed by atoms with Gasteiger partial charge < -0.3 is 25.4 Å². The van der Waals surface area contributed by atoms with Gasteiger partial charge in [0.1, 0.15) is 5.69 Å². The minimum absolute atomic E-state index is 0.0681. The van der Waals surface area contributed by atoms with Crippen LogP contribution in [0, 0.1) is 5.92 Å². The van der Waals surface area contributed by atoms with Crippen LogP contribution in [0.5, 0.6) is 5.75 Å². The van der Waals surface area contributed by atoms with E-state index in [1.807, 2.05) is 0 Å². The number of carbonyl (C=O) groups excluding carboxylic acids is 4. The maximum absolute atomic E-state index is 13.6. The molecule has 0 unspecified atom stereocenters. The molecule has 3 amide bonds. The van der Waals surface area contributed by atoms with Gasteiger partial charge in [0.2, 0.25) is 5.91 Å². The van der Waals surface area contributed by atoms with Gasteiger partial charge >= 0.3 is 17.8 Å². The number of esters is 1. The van der Waals surface area contributed by atoms with Crippen LogP contribution in [0.15, 0.2) is 36.4 Å². The Morgan fingerprint density at radius 1 is 1.00 bits per heavy atom. The number of hydrogen-bond acceptors (Lipinski definition) is 8. The molecule has 212 valence electrons. The molecule has 3 fully saturated rings. The Bertz CT molecular complexity index is 1350. The lowest BCUT2D eigenvalue weighted by molar-refractivity contribution is -0.137. The van der Waals surface area contributed by atoms with Gasteiger partial charge in [0, 0.05) is 50.3 Å². The lowest BCUT2D eigenvalue weighted by atomic mass is 9.79. The maximum atomic E-state index is 13.6. The number of ether oxygens (including phenoxy) is 1. The number of para-hydroxylation sites is 1. The molecule has 0 radical (unpaired) electrons. The Kier molecular flexibility index (Phi) is 7.97. The van der Waals surface area contributed by atoms with Gasteiger partial charge in [-0.1, -0.05) is 24.6 Å². The summed E-state index contributed by atoms with van der Waals surface area (Å²) in [5.74, 6) is -2.11. The lowest BCUT2D eigenvalue weighted by Crippen LogP contribution is -2.59. The van der Waals surface area contributed by atoms with E-state index in [-0.39, 0.29) is 62.0 Å². The minimum atomic E-state index is -0.849. The molecule has 40 heavy (non-hydrogen) atoms. The summed E-state index contributed by atoms with van der Waals surface area (Å²) < 4.78 is 5.59. The topological polar surface area (TPSA) is 137 Å². The summed E-state index contributed by atoms with van der Waals surface area (Å²) in [4.78, 5) is 58.9. The average Bonchev–Trinajstić information content (AvgIpc) is 2.92. The zero-order valence-electron chi connectivity index (χ0n) is 22.2. The Balaban J connectivity index is 1.46. The molecular weight excluding hydrogens is 538 g/mol. The first kappa shape index (κ1) is 27.9. The van der Waals surface area contributed by atoms with Gasteiger partial charge in [0.15, 0.2) is 5.75 Å². The monoisotopic (exact) mass is 569 g/mol. The van der Waals surface area contributed by atoms with Crippen molar-refractivity contribution in [2.45, 2.75) is 32.2 Å². The Morgan fingerprint density at radius 2 is 1.73 bits per heavy atom. The zero-order valence-corrected chi connectivity index (χ0v) is 23.0. The second-order valence-corrected chi connectivity index (χ2v) is 10.6. The maximum Gasteiger partial charge on any atom is 0.317 e. The molecule has 2 atom stereocenters. The van der Waals surface area contributed by atoms with Crippen LogP contribution in [0.1, 0.15) is 26.2 Å². The van der Waals surface area contributed by atoms with Crippen LogP contribution in [-0.4, -0.2) is 79.1 Å². The molecule has 2 saturated heterocycles. The van der Waals surface area contributed by atoms with Crippen molar-refractivity contribution >= 4 is 58.0 Å². The van der Waals surface area contributed by atoms with E-state index in [2.05, 4.69) is 4.90 Å². The third kappa shape index (κ3) is 5.12. The summed E-state index contributed by atoms with van der Waals surface area (Å²) in [5, 5.41) is 9.98. The molecule has 3 aliphatic rings. The fourth-order valence-corrected chi connectivity index (χ4v) is 5.75. The minimum Gasteiger partial charge on any atom is -0.424 e. The molecule has 0 bridgehead atoms. The SMILES string of the molecule is CCC(=O)Oc1cccc(N2CCN([C@H]3CC[C@@H]3CO)CC2=O)c1N1CCN(c2cc(Cl)ccc2N)C(=O)C1=O. The molecule has 1 aliphatic carbocycles. The number of hydrogen-bond donors (Lipinski definition) is 2. The number of halogens is 1. The van der Waals surface area contributed by atoms with Crippen LogP contribution in [0.3, 0.4) is 0 Å². The zero-order chi connectivity index (χ0) is 28.6. The Hall–Kier alpha value is -3.67. The number of piperazine rings is 2. The molecule has 0 spiro atoms. The van der Waals surface area contributed by atoms with Gasteiger partial charge in [-0.3, -0.25) is 29.0 Å². The van der Waals surface area contributed by atoms with E-state index in [4.69, 9.17) is 22.1 Å². The summed E-state index contributed by atoms with van der Waals surface area (Å²) in [5.41, 5.74) is 7.29. The first-order valence-corrected chi connectivity index (χ1v) is 13.8. The van der Waals surface area contributed by atoms with Gasteiger partial charge in [0.25, 0.3) is 0 Å². The first-order chi connectivity index (χ1) is 19.2. The lowest BCUT2D eigenvalue weighted by Gasteiger charge is -2.47. The standard InChI is InChI=1S/C28H32ClN5O6/c1-2-25(37)40-23-5-3-4-21(32-11-10-31(15-24(32)36)20-9-6-17(20)16-35)26(23)34-13-12-33(27(38)28(34)39)22-14-18(29)7-8-19(22)30/h3-5,7-8,14,17,20,35H,2,6,9-13,15-16,30H2,1H3/t17-,20+/m1/s1. The van der Waals surface area contributed by atoms with Crippen molar-refractivity contribution in [1.29, 1.82) is 0 Å². The number of aliphatic hydroxyl groups excluding tert-OH is 1. The van der Waals surface area contributed by atoms with E-state index in [0.29, 0.717) is 35.2 Å².